The van der Waals surface area contributed by atoms with Gasteiger partial charge in [-0.15, -0.1) is 0 Å². The Morgan fingerprint density at radius 3 is 2.72 bits per heavy atom. The minimum absolute atomic E-state index is 0.541. The van der Waals surface area contributed by atoms with Gasteiger partial charge in [-0.2, -0.15) is 0 Å². The normalized spacial score (nSPS) is 23.7. The molecule has 0 aromatic carbocycles. The van der Waals surface area contributed by atoms with Crippen molar-refractivity contribution >= 4 is 27.6 Å². The van der Waals surface area contributed by atoms with Gasteiger partial charge in [0.15, 0.2) is 0 Å². The summed E-state index contributed by atoms with van der Waals surface area (Å²) in [7, 11) is 1.87. The standard InChI is InChI=1S/C13H21BrN4/c1-3-9-6-4-5-7-10(9)18-13-11(14)12(15-2)16-8-17-13/h8-10H,3-7H2,1-2H3,(H2,15,16,17,18). The van der Waals surface area contributed by atoms with Crippen molar-refractivity contribution in [2.75, 3.05) is 17.7 Å². The van der Waals surface area contributed by atoms with Crippen LogP contribution in [0.4, 0.5) is 11.6 Å². The first kappa shape index (κ1) is 13.6. The van der Waals surface area contributed by atoms with Crippen molar-refractivity contribution in [2.45, 2.75) is 45.1 Å². The Bertz CT molecular complexity index is 397. The summed E-state index contributed by atoms with van der Waals surface area (Å²) in [6.07, 6.45) is 8.08. The fraction of sp³-hybridized carbons (Fsp3) is 0.692. The molecule has 100 valence electrons. The molecule has 0 radical (unpaired) electrons. The molecule has 2 rings (SSSR count). The van der Waals surface area contributed by atoms with Crippen LogP contribution in [0.1, 0.15) is 39.0 Å². The average Bonchev–Trinajstić information content (AvgIpc) is 2.42. The second-order valence-corrected chi connectivity index (χ2v) is 5.63. The lowest BCUT2D eigenvalue weighted by atomic mass is 9.83. The van der Waals surface area contributed by atoms with Crippen LogP contribution in [0.25, 0.3) is 0 Å². The maximum Gasteiger partial charge on any atom is 0.146 e. The number of nitrogens with one attached hydrogen (secondary N) is 2. The smallest absolute Gasteiger partial charge is 0.146 e. The van der Waals surface area contributed by atoms with E-state index in [0.29, 0.717) is 6.04 Å². The molecule has 1 saturated carbocycles. The Hall–Kier alpha value is -0.840. The van der Waals surface area contributed by atoms with Crippen LogP contribution in [0.5, 0.6) is 0 Å². The molecule has 1 aliphatic carbocycles. The number of hydrogen-bond donors (Lipinski definition) is 2. The Balaban J connectivity index is 2.12. The largest absolute Gasteiger partial charge is 0.372 e. The zero-order valence-corrected chi connectivity index (χ0v) is 12.6. The highest BCUT2D eigenvalue weighted by Crippen LogP contribution is 2.32. The maximum atomic E-state index is 4.34. The zero-order chi connectivity index (χ0) is 13.0. The van der Waals surface area contributed by atoms with Crippen LogP contribution >= 0.6 is 15.9 Å². The molecule has 0 saturated heterocycles. The van der Waals surface area contributed by atoms with Crippen molar-refractivity contribution in [2.24, 2.45) is 5.92 Å². The summed E-state index contributed by atoms with van der Waals surface area (Å²) < 4.78 is 0.924. The summed E-state index contributed by atoms with van der Waals surface area (Å²) >= 11 is 3.56. The summed E-state index contributed by atoms with van der Waals surface area (Å²) in [5.41, 5.74) is 0. The molecular weight excluding hydrogens is 292 g/mol. The predicted octanol–water partition coefficient (Wildman–Crippen LogP) is 3.66. The van der Waals surface area contributed by atoms with E-state index >= 15 is 0 Å². The highest BCUT2D eigenvalue weighted by Gasteiger charge is 2.24. The summed E-state index contributed by atoms with van der Waals surface area (Å²) in [4.78, 5) is 8.52. The first-order chi connectivity index (χ1) is 8.76. The molecule has 0 spiro atoms. The first-order valence-electron chi connectivity index (χ1n) is 6.71. The molecule has 0 bridgehead atoms. The van der Waals surface area contributed by atoms with Crippen LogP contribution in [0.15, 0.2) is 10.8 Å². The maximum absolute atomic E-state index is 4.34. The topological polar surface area (TPSA) is 49.8 Å². The van der Waals surface area contributed by atoms with Gasteiger partial charge in [-0.3, -0.25) is 0 Å². The third-order valence-electron chi connectivity index (χ3n) is 3.78. The average molecular weight is 313 g/mol. The van der Waals surface area contributed by atoms with Crippen LogP contribution < -0.4 is 10.6 Å². The van der Waals surface area contributed by atoms with Gasteiger partial charge in [-0.05, 0) is 34.7 Å². The van der Waals surface area contributed by atoms with Gasteiger partial charge in [-0.25, -0.2) is 9.97 Å². The van der Waals surface area contributed by atoms with Crippen molar-refractivity contribution in [1.82, 2.24) is 9.97 Å². The summed E-state index contributed by atoms with van der Waals surface area (Å²) in [5.74, 6) is 2.50. The van der Waals surface area contributed by atoms with Gasteiger partial charge in [-0.1, -0.05) is 26.2 Å². The molecular formula is C13H21BrN4. The van der Waals surface area contributed by atoms with Crippen LogP contribution in [-0.2, 0) is 0 Å². The molecule has 5 heteroatoms. The van der Waals surface area contributed by atoms with E-state index in [2.05, 4.69) is 43.5 Å². The van der Waals surface area contributed by atoms with Crippen molar-refractivity contribution in [3.05, 3.63) is 10.8 Å². The van der Waals surface area contributed by atoms with E-state index in [4.69, 9.17) is 0 Å². The molecule has 1 fully saturated rings. The minimum Gasteiger partial charge on any atom is -0.372 e. The molecule has 0 amide bonds. The van der Waals surface area contributed by atoms with E-state index in [-0.39, 0.29) is 0 Å². The number of anilines is 2. The molecule has 18 heavy (non-hydrogen) atoms. The molecule has 2 N–H and O–H groups in total. The lowest BCUT2D eigenvalue weighted by Crippen LogP contribution is -2.32. The van der Waals surface area contributed by atoms with Crippen molar-refractivity contribution < 1.29 is 0 Å². The van der Waals surface area contributed by atoms with E-state index < -0.39 is 0 Å². The highest BCUT2D eigenvalue weighted by molar-refractivity contribution is 9.10. The lowest BCUT2D eigenvalue weighted by molar-refractivity contribution is 0.316. The molecule has 1 aromatic rings. The number of halogens is 1. The van der Waals surface area contributed by atoms with Crippen LogP contribution in [-0.4, -0.2) is 23.1 Å². The monoisotopic (exact) mass is 312 g/mol. The van der Waals surface area contributed by atoms with Gasteiger partial charge in [0.2, 0.25) is 0 Å². The Morgan fingerprint density at radius 2 is 2.00 bits per heavy atom. The fourth-order valence-electron chi connectivity index (χ4n) is 2.71. The second-order valence-electron chi connectivity index (χ2n) is 4.84. The minimum atomic E-state index is 0.541. The third-order valence-corrected chi connectivity index (χ3v) is 4.53. The molecule has 1 heterocycles. The molecule has 2 atom stereocenters. The number of nitrogens with zero attached hydrogens (tertiary/aromatic N) is 2. The SMILES string of the molecule is CCC1CCCCC1Nc1ncnc(NC)c1Br. The lowest BCUT2D eigenvalue weighted by Gasteiger charge is -2.32. The van der Waals surface area contributed by atoms with Crippen molar-refractivity contribution in [1.29, 1.82) is 0 Å². The van der Waals surface area contributed by atoms with E-state index in [1.807, 2.05) is 7.05 Å². The van der Waals surface area contributed by atoms with Crippen LogP contribution in [0, 0.1) is 5.92 Å². The number of aromatic nitrogens is 2. The molecule has 0 aliphatic heterocycles. The predicted molar refractivity (Wildman–Crippen MR) is 78.9 cm³/mol. The summed E-state index contributed by atoms with van der Waals surface area (Å²) in [5, 5.41) is 6.65. The number of rotatable bonds is 4. The van der Waals surface area contributed by atoms with E-state index in [0.717, 1.165) is 22.0 Å². The zero-order valence-electron chi connectivity index (χ0n) is 11.0. The Morgan fingerprint density at radius 1 is 1.28 bits per heavy atom. The fourth-order valence-corrected chi connectivity index (χ4v) is 3.22. The molecule has 4 nitrogen and oxygen atoms in total. The molecule has 1 aromatic heterocycles. The molecule has 2 unspecified atom stereocenters. The summed E-state index contributed by atoms with van der Waals surface area (Å²) in [6, 6.07) is 0.541. The van der Waals surface area contributed by atoms with Crippen molar-refractivity contribution in [3.63, 3.8) is 0 Å². The van der Waals surface area contributed by atoms with E-state index in [1.54, 1.807) is 6.33 Å². The Labute approximate surface area is 117 Å². The van der Waals surface area contributed by atoms with Crippen LogP contribution in [0.2, 0.25) is 0 Å². The highest BCUT2D eigenvalue weighted by atomic mass is 79.9. The van der Waals surface area contributed by atoms with E-state index in [9.17, 15) is 0 Å². The second kappa shape index (κ2) is 6.36. The first-order valence-corrected chi connectivity index (χ1v) is 7.50. The number of hydrogen-bond acceptors (Lipinski definition) is 4. The van der Waals surface area contributed by atoms with Gasteiger partial charge < -0.3 is 10.6 Å². The van der Waals surface area contributed by atoms with Gasteiger partial charge in [0.1, 0.15) is 22.4 Å². The van der Waals surface area contributed by atoms with Gasteiger partial charge >= 0.3 is 0 Å². The van der Waals surface area contributed by atoms with Crippen molar-refractivity contribution in [3.8, 4) is 0 Å². The van der Waals surface area contributed by atoms with Gasteiger partial charge in [0, 0.05) is 13.1 Å². The third kappa shape index (κ3) is 2.94. The quantitative estimate of drug-likeness (QED) is 0.890. The Kier molecular flexibility index (Phi) is 4.80. The van der Waals surface area contributed by atoms with Gasteiger partial charge in [0.25, 0.3) is 0 Å². The van der Waals surface area contributed by atoms with Gasteiger partial charge in [0.05, 0.1) is 0 Å². The van der Waals surface area contributed by atoms with E-state index in [1.165, 1.54) is 32.1 Å². The summed E-state index contributed by atoms with van der Waals surface area (Å²) in [6.45, 7) is 2.28. The van der Waals surface area contributed by atoms with Crippen LogP contribution in [0.3, 0.4) is 0 Å². The molecule has 1 aliphatic rings.